The van der Waals surface area contributed by atoms with Crippen LogP contribution in [0.1, 0.15) is 36.8 Å². The number of rotatable bonds is 8. The molecule has 4 nitrogen and oxygen atoms in total. The minimum Gasteiger partial charge on any atom is -0.484 e. The van der Waals surface area contributed by atoms with Gasteiger partial charge >= 0.3 is 0 Å². The van der Waals surface area contributed by atoms with Gasteiger partial charge in [0.1, 0.15) is 5.75 Å². The molecular formula is C23H30N2O2. The summed E-state index contributed by atoms with van der Waals surface area (Å²) in [5.41, 5.74) is 3.69. The molecule has 1 aliphatic rings. The number of aryl methyl sites for hydroxylation is 2. The highest BCUT2D eigenvalue weighted by Gasteiger charge is 2.10. The van der Waals surface area contributed by atoms with E-state index in [1.807, 2.05) is 31.2 Å². The molecule has 2 aromatic rings. The molecule has 0 aliphatic carbocycles. The van der Waals surface area contributed by atoms with Crippen LogP contribution in [-0.2, 0) is 11.2 Å². The third kappa shape index (κ3) is 6.02. The summed E-state index contributed by atoms with van der Waals surface area (Å²) in [4.78, 5) is 14.4. The zero-order valence-electron chi connectivity index (χ0n) is 16.2. The van der Waals surface area contributed by atoms with Gasteiger partial charge in [0.25, 0.3) is 5.91 Å². The third-order valence-electron chi connectivity index (χ3n) is 5.07. The Morgan fingerprint density at radius 2 is 1.78 bits per heavy atom. The zero-order valence-corrected chi connectivity index (χ0v) is 16.2. The Balaban J connectivity index is 1.33. The highest BCUT2D eigenvalue weighted by Crippen LogP contribution is 2.20. The largest absolute Gasteiger partial charge is 0.484 e. The average molecular weight is 367 g/mol. The van der Waals surface area contributed by atoms with Crippen LogP contribution < -0.4 is 15.0 Å². The van der Waals surface area contributed by atoms with Crippen molar-refractivity contribution in [2.24, 2.45) is 0 Å². The number of anilines is 1. The predicted molar refractivity (Wildman–Crippen MR) is 111 cm³/mol. The van der Waals surface area contributed by atoms with E-state index in [4.69, 9.17) is 4.74 Å². The van der Waals surface area contributed by atoms with Gasteiger partial charge in [-0.05, 0) is 68.4 Å². The summed E-state index contributed by atoms with van der Waals surface area (Å²) < 4.78 is 5.57. The van der Waals surface area contributed by atoms with E-state index in [1.165, 1.54) is 43.6 Å². The molecule has 2 aromatic carbocycles. The van der Waals surface area contributed by atoms with Gasteiger partial charge in [0.2, 0.25) is 0 Å². The molecule has 0 unspecified atom stereocenters. The standard InChI is InChI=1S/C23H30N2O2/c1-19-8-3-4-10-22(19)27-18-23(26)24-15-7-9-20-11-13-21(14-12-20)25-16-5-2-6-17-25/h3-4,8,10-14H,2,5-7,9,15-18H2,1H3,(H,24,26). The first-order valence-corrected chi connectivity index (χ1v) is 10.0. The van der Waals surface area contributed by atoms with Crippen molar-refractivity contribution in [2.75, 3.05) is 31.1 Å². The first-order valence-electron chi connectivity index (χ1n) is 10.0. The molecule has 4 heteroatoms. The van der Waals surface area contributed by atoms with E-state index in [0.717, 1.165) is 24.2 Å². The molecule has 1 amide bonds. The van der Waals surface area contributed by atoms with Crippen LogP contribution in [0, 0.1) is 6.92 Å². The fourth-order valence-electron chi connectivity index (χ4n) is 3.46. The van der Waals surface area contributed by atoms with Crippen LogP contribution in [-0.4, -0.2) is 32.1 Å². The van der Waals surface area contributed by atoms with E-state index in [0.29, 0.717) is 6.54 Å². The van der Waals surface area contributed by atoms with Crippen LogP contribution >= 0.6 is 0 Å². The Kier molecular flexibility index (Phi) is 7.14. The van der Waals surface area contributed by atoms with Crippen molar-refractivity contribution in [1.29, 1.82) is 0 Å². The van der Waals surface area contributed by atoms with Gasteiger partial charge in [-0.2, -0.15) is 0 Å². The van der Waals surface area contributed by atoms with Crippen molar-refractivity contribution in [3.05, 3.63) is 59.7 Å². The number of hydrogen-bond donors (Lipinski definition) is 1. The van der Waals surface area contributed by atoms with Gasteiger partial charge in [-0.15, -0.1) is 0 Å². The van der Waals surface area contributed by atoms with E-state index in [-0.39, 0.29) is 12.5 Å². The molecule has 3 rings (SSSR count). The lowest BCUT2D eigenvalue weighted by Crippen LogP contribution is -2.30. The fourth-order valence-corrected chi connectivity index (χ4v) is 3.46. The fraction of sp³-hybridized carbons (Fsp3) is 0.435. The third-order valence-corrected chi connectivity index (χ3v) is 5.07. The molecule has 1 heterocycles. The summed E-state index contributed by atoms with van der Waals surface area (Å²) in [5.74, 6) is 0.695. The Morgan fingerprint density at radius 3 is 2.52 bits per heavy atom. The Labute approximate surface area is 162 Å². The van der Waals surface area contributed by atoms with Gasteiger partial charge < -0.3 is 15.0 Å². The van der Waals surface area contributed by atoms with E-state index >= 15 is 0 Å². The maximum absolute atomic E-state index is 11.9. The lowest BCUT2D eigenvalue weighted by molar-refractivity contribution is -0.123. The molecule has 144 valence electrons. The van der Waals surface area contributed by atoms with E-state index in [9.17, 15) is 4.79 Å². The molecule has 0 spiro atoms. The van der Waals surface area contributed by atoms with Crippen LogP contribution in [0.25, 0.3) is 0 Å². The van der Waals surface area contributed by atoms with Gasteiger partial charge in [-0.3, -0.25) is 4.79 Å². The van der Waals surface area contributed by atoms with Crippen molar-refractivity contribution in [1.82, 2.24) is 5.32 Å². The maximum atomic E-state index is 11.9. The number of ether oxygens (including phenoxy) is 1. The normalized spacial score (nSPS) is 14.0. The number of para-hydroxylation sites is 1. The molecule has 0 saturated carbocycles. The number of nitrogens with one attached hydrogen (secondary N) is 1. The number of piperidine rings is 1. The second-order valence-corrected chi connectivity index (χ2v) is 7.22. The van der Waals surface area contributed by atoms with Gasteiger partial charge in [-0.1, -0.05) is 30.3 Å². The van der Waals surface area contributed by atoms with E-state index < -0.39 is 0 Å². The topological polar surface area (TPSA) is 41.6 Å². The molecule has 27 heavy (non-hydrogen) atoms. The van der Waals surface area contributed by atoms with Crippen LogP contribution in [0.4, 0.5) is 5.69 Å². The highest BCUT2D eigenvalue weighted by atomic mass is 16.5. The minimum atomic E-state index is -0.0706. The Bertz CT molecular complexity index is 721. The van der Waals surface area contributed by atoms with Gasteiger partial charge in [-0.25, -0.2) is 0 Å². The van der Waals surface area contributed by atoms with Crippen LogP contribution in [0.15, 0.2) is 48.5 Å². The Hall–Kier alpha value is -2.49. The Morgan fingerprint density at radius 1 is 1.04 bits per heavy atom. The number of nitrogens with zero attached hydrogens (tertiary/aromatic N) is 1. The number of hydrogen-bond acceptors (Lipinski definition) is 3. The number of carbonyl (C=O) groups excluding carboxylic acids is 1. The maximum Gasteiger partial charge on any atom is 0.257 e. The van der Waals surface area contributed by atoms with Crippen molar-refractivity contribution in [2.45, 2.75) is 39.0 Å². The summed E-state index contributed by atoms with van der Waals surface area (Å²) in [6, 6.07) is 16.6. The number of carbonyl (C=O) groups is 1. The van der Waals surface area contributed by atoms with Gasteiger partial charge in [0, 0.05) is 25.3 Å². The lowest BCUT2D eigenvalue weighted by atomic mass is 10.1. The molecule has 1 saturated heterocycles. The van der Waals surface area contributed by atoms with Crippen molar-refractivity contribution in [3.8, 4) is 5.75 Å². The van der Waals surface area contributed by atoms with Gasteiger partial charge in [0.05, 0.1) is 0 Å². The van der Waals surface area contributed by atoms with Crippen LogP contribution in [0.5, 0.6) is 5.75 Å². The SMILES string of the molecule is Cc1ccccc1OCC(=O)NCCCc1ccc(N2CCCCC2)cc1. The summed E-state index contributed by atoms with van der Waals surface area (Å²) in [5, 5.41) is 2.93. The molecule has 0 aromatic heterocycles. The summed E-state index contributed by atoms with van der Waals surface area (Å²) in [6.45, 7) is 5.06. The second-order valence-electron chi connectivity index (χ2n) is 7.22. The average Bonchev–Trinajstić information content (AvgIpc) is 2.72. The minimum absolute atomic E-state index is 0.0649. The lowest BCUT2D eigenvalue weighted by Gasteiger charge is -2.28. The second kappa shape index (κ2) is 10.0. The number of amides is 1. The zero-order chi connectivity index (χ0) is 18.9. The monoisotopic (exact) mass is 366 g/mol. The first-order chi connectivity index (χ1) is 13.2. The van der Waals surface area contributed by atoms with E-state index in [2.05, 4.69) is 34.5 Å². The molecule has 0 atom stereocenters. The first kappa shape index (κ1) is 19.3. The van der Waals surface area contributed by atoms with Crippen LogP contribution in [0.2, 0.25) is 0 Å². The molecule has 0 radical (unpaired) electrons. The number of benzene rings is 2. The summed E-state index contributed by atoms with van der Waals surface area (Å²) in [7, 11) is 0. The van der Waals surface area contributed by atoms with Crippen molar-refractivity contribution < 1.29 is 9.53 Å². The quantitative estimate of drug-likeness (QED) is 0.715. The highest BCUT2D eigenvalue weighted by molar-refractivity contribution is 5.77. The van der Waals surface area contributed by atoms with Crippen molar-refractivity contribution >= 4 is 11.6 Å². The summed E-state index contributed by atoms with van der Waals surface area (Å²) >= 11 is 0. The molecular weight excluding hydrogens is 336 g/mol. The molecule has 0 bridgehead atoms. The molecule has 1 N–H and O–H groups in total. The van der Waals surface area contributed by atoms with Crippen molar-refractivity contribution in [3.63, 3.8) is 0 Å². The van der Waals surface area contributed by atoms with Gasteiger partial charge in [0.15, 0.2) is 6.61 Å². The van der Waals surface area contributed by atoms with Crippen LogP contribution in [0.3, 0.4) is 0 Å². The molecule has 1 aliphatic heterocycles. The predicted octanol–water partition coefficient (Wildman–Crippen LogP) is 4.11. The smallest absolute Gasteiger partial charge is 0.257 e. The van der Waals surface area contributed by atoms with E-state index in [1.54, 1.807) is 0 Å². The molecule has 1 fully saturated rings. The summed E-state index contributed by atoms with van der Waals surface area (Å²) in [6.07, 6.45) is 5.86.